The Hall–Kier alpha value is -1.83. The summed E-state index contributed by atoms with van der Waals surface area (Å²) >= 11 is 0. The molecule has 5 N–H and O–H groups in total. The molecular formula is C13H25N3O5. The summed E-state index contributed by atoms with van der Waals surface area (Å²) in [6, 6.07) is -0.956. The average molecular weight is 303 g/mol. The van der Waals surface area contributed by atoms with E-state index in [9.17, 15) is 14.4 Å². The van der Waals surface area contributed by atoms with Crippen molar-refractivity contribution < 1.29 is 24.2 Å². The van der Waals surface area contributed by atoms with Gasteiger partial charge in [-0.15, -0.1) is 0 Å². The highest BCUT2D eigenvalue weighted by molar-refractivity contribution is 5.84. The van der Waals surface area contributed by atoms with Gasteiger partial charge in [0.1, 0.15) is 11.6 Å². The molecule has 0 fully saturated rings. The molecule has 21 heavy (non-hydrogen) atoms. The molecule has 2 amide bonds. The summed E-state index contributed by atoms with van der Waals surface area (Å²) in [6.07, 6.45) is 0.893. The van der Waals surface area contributed by atoms with Gasteiger partial charge in [0, 0.05) is 6.54 Å². The number of rotatable bonds is 8. The Morgan fingerprint density at radius 3 is 2.33 bits per heavy atom. The fourth-order valence-corrected chi connectivity index (χ4v) is 1.49. The number of carboxylic acids is 1. The van der Waals surface area contributed by atoms with Crippen LogP contribution in [0.25, 0.3) is 0 Å². The van der Waals surface area contributed by atoms with E-state index in [2.05, 4.69) is 10.6 Å². The Balaban J connectivity index is 3.88. The molecule has 0 aromatic carbocycles. The molecule has 1 atom stereocenters. The van der Waals surface area contributed by atoms with Gasteiger partial charge in [-0.1, -0.05) is 0 Å². The number of amides is 2. The zero-order valence-electron chi connectivity index (χ0n) is 12.8. The standard InChI is InChI=1S/C13H25N3O5/c1-13(2,3)21-12(20)15-7-5-4-6-9(11(18)19)16-10(17)8-14/h9H,4-8,14H2,1-3H3,(H,15,20)(H,16,17)(H,18,19)/t9-/m1/s1. The number of carbonyl (C=O) groups excluding carboxylic acids is 2. The molecule has 0 bridgehead atoms. The monoisotopic (exact) mass is 303 g/mol. The lowest BCUT2D eigenvalue weighted by molar-refractivity contribution is -0.141. The quantitative estimate of drug-likeness (QED) is 0.474. The third-order valence-electron chi connectivity index (χ3n) is 2.41. The van der Waals surface area contributed by atoms with Crippen LogP contribution in [0.4, 0.5) is 4.79 Å². The first-order valence-electron chi connectivity index (χ1n) is 6.85. The molecule has 0 saturated carbocycles. The van der Waals surface area contributed by atoms with Crippen molar-refractivity contribution in [2.75, 3.05) is 13.1 Å². The smallest absolute Gasteiger partial charge is 0.407 e. The van der Waals surface area contributed by atoms with Gasteiger partial charge in [0.25, 0.3) is 0 Å². The van der Waals surface area contributed by atoms with Gasteiger partial charge in [-0.3, -0.25) is 4.79 Å². The number of nitrogens with two attached hydrogens (primary N) is 1. The highest BCUT2D eigenvalue weighted by Gasteiger charge is 2.19. The molecule has 0 rings (SSSR count). The van der Waals surface area contributed by atoms with Crippen LogP contribution in [0, 0.1) is 0 Å². The summed E-state index contributed by atoms with van der Waals surface area (Å²) in [5.41, 5.74) is 4.56. The Labute approximate surface area is 124 Å². The molecule has 0 aromatic heterocycles. The Bertz CT molecular complexity index is 365. The van der Waals surface area contributed by atoms with Gasteiger partial charge in [0.2, 0.25) is 5.91 Å². The second-order valence-electron chi connectivity index (χ2n) is 5.59. The van der Waals surface area contributed by atoms with Gasteiger partial charge in [-0.05, 0) is 40.0 Å². The first-order valence-corrected chi connectivity index (χ1v) is 6.85. The van der Waals surface area contributed by atoms with Crippen LogP contribution in [0.1, 0.15) is 40.0 Å². The Morgan fingerprint density at radius 1 is 1.24 bits per heavy atom. The lowest BCUT2D eigenvalue weighted by Crippen LogP contribution is -2.43. The van der Waals surface area contributed by atoms with Gasteiger partial charge in [-0.2, -0.15) is 0 Å². The summed E-state index contributed by atoms with van der Waals surface area (Å²) in [7, 11) is 0. The first-order chi connectivity index (χ1) is 9.65. The summed E-state index contributed by atoms with van der Waals surface area (Å²) in [5.74, 6) is -1.61. The second-order valence-corrected chi connectivity index (χ2v) is 5.59. The van der Waals surface area contributed by atoms with Crippen LogP contribution in [0.5, 0.6) is 0 Å². The predicted octanol–water partition coefficient (Wildman–Crippen LogP) is 0.210. The normalized spacial score (nSPS) is 12.4. The number of nitrogens with one attached hydrogen (secondary N) is 2. The van der Waals surface area contributed by atoms with E-state index in [0.29, 0.717) is 19.4 Å². The number of hydrogen-bond acceptors (Lipinski definition) is 5. The molecular weight excluding hydrogens is 278 g/mol. The third kappa shape index (κ3) is 10.6. The van der Waals surface area contributed by atoms with E-state index < -0.39 is 29.6 Å². The van der Waals surface area contributed by atoms with Crippen molar-refractivity contribution in [3.05, 3.63) is 0 Å². The maximum atomic E-state index is 11.3. The van der Waals surface area contributed by atoms with Gasteiger partial charge >= 0.3 is 12.1 Å². The van der Waals surface area contributed by atoms with E-state index >= 15 is 0 Å². The van der Waals surface area contributed by atoms with Crippen molar-refractivity contribution in [2.24, 2.45) is 5.73 Å². The number of alkyl carbamates (subject to hydrolysis) is 1. The minimum absolute atomic E-state index is 0.246. The van der Waals surface area contributed by atoms with Crippen molar-refractivity contribution in [2.45, 2.75) is 51.7 Å². The minimum atomic E-state index is -1.10. The molecule has 8 heteroatoms. The van der Waals surface area contributed by atoms with Crippen LogP contribution in [-0.4, -0.2) is 47.8 Å². The van der Waals surface area contributed by atoms with E-state index in [-0.39, 0.29) is 13.0 Å². The second kappa shape index (κ2) is 9.17. The molecule has 8 nitrogen and oxygen atoms in total. The highest BCUT2D eigenvalue weighted by Crippen LogP contribution is 2.06. The van der Waals surface area contributed by atoms with E-state index in [0.717, 1.165) is 0 Å². The molecule has 0 spiro atoms. The molecule has 0 aromatic rings. The van der Waals surface area contributed by atoms with E-state index in [4.69, 9.17) is 15.6 Å². The zero-order chi connectivity index (χ0) is 16.5. The van der Waals surface area contributed by atoms with Gasteiger partial charge in [0.05, 0.1) is 6.54 Å². The van der Waals surface area contributed by atoms with E-state index in [1.165, 1.54) is 0 Å². The van der Waals surface area contributed by atoms with Crippen LogP contribution in [-0.2, 0) is 14.3 Å². The molecule has 0 radical (unpaired) electrons. The summed E-state index contributed by atoms with van der Waals surface area (Å²) in [4.78, 5) is 33.3. The van der Waals surface area contributed by atoms with Crippen molar-refractivity contribution in [3.8, 4) is 0 Å². The topological polar surface area (TPSA) is 131 Å². The molecule has 0 saturated heterocycles. The largest absolute Gasteiger partial charge is 0.480 e. The molecule has 0 aliphatic heterocycles. The summed E-state index contributed by atoms with van der Waals surface area (Å²) < 4.78 is 5.06. The minimum Gasteiger partial charge on any atom is -0.480 e. The number of hydrogen-bond donors (Lipinski definition) is 4. The lowest BCUT2D eigenvalue weighted by atomic mass is 10.1. The van der Waals surface area contributed by atoms with Crippen LogP contribution in [0.15, 0.2) is 0 Å². The lowest BCUT2D eigenvalue weighted by Gasteiger charge is -2.19. The SMILES string of the molecule is CC(C)(C)OC(=O)NCCCC[C@@H](NC(=O)CN)C(=O)O. The van der Waals surface area contributed by atoms with E-state index in [1.54, 1.807) is 20.8 Å². The molecule has 0 unspecified atom stereocenters. The van der Waals surface area contributed by atoms with Crippen LogP contribution < -0.4 is 16.4 Å². The van der Waals surface area contributed by atoms with Crippen molar-refractivity contribution >= 4 is 18.0 Å². The number of aliphatic carboxylic acids is 1. The maximum absolute atomic E-state index is 11.3. The number of carbonyl (C=O) groups is 3. The number of ether oxygens (including phenoxy) is 1. The molecule has 0 aliphatic rings. The van der Waals surface area contributed by atoms with E-state index in [1.807, 2.05) is 0 Å². The highest BCUT2D eigenvalue weighted by atomic mass is 16.6. The van der Waals surface area contributed by atoms with Gasteiger partial charge < -0.3 is 26.2 Å². The first kappa shape index (κ1) is 19.2. The van der Waals surface area contributed by atoms with Crippen molar-refractivity contribution in [1.29, 1.82) is 0 Å². The fraction of sp³-hybridized carbons (Fsp3) is 0.769. The van der Waals surface area contributed by atoms with Crippen LogP contribution in [0.2, 0.25) is 0 Å². The number of unbranched alkanes of at least 4 members (excludes halogenated alkanes) is 1. The van der Waals surface area contributed by atoms with Crippen LogP contribution in [0.3, 0.4) is 0 Å². The number of carboxylic acid groups (broad SMARTS) is 1. The average Bonchev–Trinajstić information content (AvgIpc) is 2.34. The Morgan fingerprint density at radius 2 is 1.86 bits per heavy atom. The van der Waals surface area contributed by atoms with Gasteiger partial charge in [0.15, 0.2) is 0 Å². The molecule has 0 aliphatic carbocycles. The maximum Gasteiger partial charge on any atom is 0.407 e. The van der Waals surface area contributed by atoms with Crippen LogP contribution >= 0.6 is 0 Å². The summed E-state index contributed by atoms with van der Waals surface area (Å²) in [6.45, 7) is 5.44. The van der Waals surface area contributed by atoms with Gasteiger partial charge in [-0.25, -0.2) is 9.59 Å². The van der Waals surface area contributed by atoms with Crippen molar-refractivity contribution in [3.63, 3.8) is 0 Å². The molecule has 122 valence electrons. The predicted molar refractivity (Wildman–Crippen MR) is 76.7 cm³/mol. The van der Waals surface area contributed by atoms with Crippen molar-refractivity contribution in [1.82, 2.24) is 10.6 Å². The summed E-state index contributed by atoms with van der Waals surface area (Å²) in [5, 5.41) is 13.8. The fourth-order valence-electron chi connectivity index (χ4n) is 1.49. The Kier molecular flexibility index (Phi) is 8.37. The molecule has 0 heterocycles. The third-order valence-corrected chi connectivity index (χ3v) is 2.41. The zero-order valence-corrected chi connectivity index (χ0v) is 12.8.